The van der Waals surface area contributed by atoms with Crippen molar-refractivity contribution in [2.24, 2.45) is 5.73 Å². The van der Waals surface area contributed by atoms with Crippen LogP contribution in [0.25, 0.3) is 0 Å². The molecule has 1 heterocycles. The van der Waals surface area contributed by atoms with Gasteiger partial charge in [0.25, 0.3) is 0 Å². The molecule has 0 saturated carbocycles. The molecule has 0 radical (unpaired) electrons. The molecule has 3 heteroatoms. The zero-order chi connectivity index (χ0) is 13.0. The summed E-state index contributed by atoms with van der Waals surface area (Å²) in [5.41, 5.74) is 9.96. The van der Waals surface area contributed by atoms with Gasteiger partial charge in [-0.2, -0.15) is 5.10 Å². The average Bonchev–Trinajstić information content (AvgIpc) is 2.81. The molecule has 0 aliphatic carbocycles. The molecule has 1 unspecified atom stereocenters. The van der Waals surface area contributed by atoms with Crippen molar-refractivity contribution < 1.29 is 0 Å². The summed E-state index contributed by atoms with van der Waals surface area (Å²) < 4.78 is 2.01. The van der Waals surface area contributed by atoms with Crippen molar-refractivity contribution >= 4 is 0 Å². The highest BCUT2D eigenvalue weighted by Crippen LogP contribution is 2.16. The second-order valence-electron chi connectivity index (χ2n) is 4.78. The smallest absolute Gasteiger partial charge is 0.0554 e. The standard InChI is InChI=1S/C15H21N3/c1-3-10-18-15(8-9-17-18)14(16)11-13-6-4-12(2)5-7-13/h4-9,14H,3,10-11,16H2,1-2H3. The number of nitrogens with two attached hydrogens (primary N) is 1. The second kappa shape index (κ2) is 5.83. The topological polar surface area (TPSA) is 43.8 Å². The number of aryl methyl sites for hydroxylation is 2. The maximum Gasteiger partial charge on any atom is 0.0554 e. The van der Waals surface area contributed by atoms with Gasteiger partial charge in [0.15, 0.2) is 0 Å². The Bertz CT molecular complexity index is 485. The van der Waals surface area contributed by atoms with Gasteiger partial charge < -0.3 is 5.73 Å². The normalized spacial score (nSPS) is 12.6. The molecule has 1 atom stereocenters. The SMILES string of the molecule is CCCn1nccc1C(N)Cc1ccc(C)cc1. The van der Waals surface area contributed by atoms with Gasteiger partial charge in [0.05, 0.1) is 11.7 Å². The van der Waals surface area contributed by atoms with Crippen LogP contribution in [-0.2, 0) is 13.0 Å². The first-order chi connectivity index (χ1) is 8.70. The number of benzene rings is 1. The predicted octanol–water partition coefficient (Wildman–Crippen LogP) is 2.84. The molecule has 0 aliphatic rings. The number of hydrogen-bond donors (Lipinski definition) is 1. The highest BCUT2D eigenvalue weighted by molar-refractivity contribution is 5.23. The summed E-state index contributed by atoms with van der Waals surface area (Å²) >= 11 is 0. The van der Waals surface area contributed by atoms with E-state index in [0.717, 1.165) is 25.1 Å². The van der Waals surface area contributed by atoms with E-state index < -0.39 is 0 Å². The Hall–Kier alpha value is -1.61. The molecule has 0 saturated heterocycles. The van der Waals surface area contributed by atoms with E-state index in [1.54, 1.807) is 0 Å². The number of hydrogen-bond acceptors (Lipinski definition) is 2. The summed E-state index contributed by atoms with van der Waals surface area (Å²) in [6.45, 7) is 5.18. The zero-order valence-corrected chi connectivity index (χ0v) is 11.1. The monoisotopic (exact) mass is 243 g/mol. The van der Waals surface area contributed by atoms with Crippen molar-refractivity contribution in [1.29, 1.82) is 0 Å². The highest BCUT2D eigenvalue weighted by atomic mass is 15.3. The number of nitrogens with zero attached hydrogens (tertiary/aromatic N) is 2. The lowest BCUT2D eigenvalue weighted by Gasteiger charge is -2.14. The van der Waals surface area contributed by atoms with Gasteiger partial charge in [-0.1, -0.05) is 36.8 Å². The van der Waals surface area contributed by atoms with Crippen LogP contribution in [0.2, 0.25) is 0 Å². The molecule has 3 nitrogen and oxygen atoms in total. The minimum atomic E-state index is 0.0155. The number of rotatable bonds is 5. The van der Waals surface area contributed by atoms with Crippen LogP contribution in [0.5, 0.6) is 0 Å². The summed E-state index contributed by atoms with van der Waals surface area (Å²) in [7, 11) is 0. The van der Waals surface area contributed by atoms with E-state index in [1.807, 2.05) is 16.9 Å². The van der Waals surface area contributed by atoms with Gasteiger partial charge in [-0.3, -0.25) is 4.68 Å². The Morgan fingerprint density at radius 1 is 1.22 bits per heavy atom. The van der Waals surface area contributed by atoms with Crippen LogP contribution in [-0.4, -0.2) is 9.78 Å². The summed E-state index contributed by atoms with van der Waals surface area (Å²) in [4.78, 5) is 0. The van der Waals surface area contributed by atoms with Crippen LogP contribution in [0.3, 0.4) is 0 Å². The Morgan fingerprint density at radius 3 is 2.61 bits per heavy atom. The van der Waals surface area contributed by atoms with Crippen molar-refractivity contribution in [3.8, 4) is 0 Å². The molecule has 2 aromatic rings. The molecular weight excluding hydrogens is 222 g/mol. The molecule has 96 valence electrons. The molecule has 18 heavy (non-hydrogen) atoms. The largest absolute Gasteiger partial charge is 0.322 e. The first-order valence-corrected chi connectivity index (χ1v) is 6.53. The Kier molecular flexibility index (Phi) is 4.15. The summed E-state index contributed by atoms with van der Waals surface area (Å²) in [6.07, 6.45) is 3.77. The van der Waals surface area contributed by atoms with E-state index in [2.05, 4.69) is 43.2 Å². The lowest BCUT2D eigenvalue weighted by molar-refractivity contribution is 0.538. The van der Waals surface area contributed by atoms with Crippen LogP contribution in [0.1, 0.15) is 36.2 Å². The minimum Gasteiger partial charge on any atom is -0.322 e. The van der Waals surface area contributed by atoms with E-state index >= 15 is 0 Å². The van der Waals surface area contributed by atoms with Crippen molar-refractivity contribution in [2.45, 2.75) is 39.3 Å². The van der Waals surface area contributed by atoms with Crippen LogP contribution in [0.15, 0.2) is 36.5 Å². The third-order valence-corrected chi connectivity index (χ3v) is 3.14. The van der Waals surface area contributed by atoms with Crippen LogP contribution >= 0.6 is 0 Å². The summed E-state index contributed by atoms with van der Waals surface area (Å²) in [5.74, 6) is 0. The van der Waals surface area contributed by atoms with E-state index in [4.69, 9.17) is 5.73 Å². The van der Waals surface area contributed by atoms with Crippen LogP contribution < -0.4 is 5.73 Å². The first-order valence-electron chi connectivity index (χ1n) is 6.53. The molecule has 0 bridgehead atoms. The van der Waals surface area contributed by atoms with E-state index in [0.29, 0.717) is 0 Å². The van der Waals surface area contributed by atoms with Crippen molar-refractivity contribution in [3.05, 3.63) is 53.3 Å². The Balaban J connectivity index is 2.09. The predicted molar refractivity (Wildman–Crippen MR) is 74.3 cm³/mol. The molecule has 0 spiro atoms. The second-order valence-corrected chi connectivity index (χ2v) is 4.78. The van der Waals surface area contributed by atoms with E-state index in [1.165, 1.54) is 11.1 Å². The van der Waals surface area contributed by atoms with Gasteiger partial charge in [-0.05, 0) is 31.4 Å². The third-order valence-electron chi connectivity index (χ3n) is 3.14. The number of aromatic nitrogens is 2. The molecule has 2 rings (SSSR count). The summed E-state index contributed by atoms with van der Waals surface area (Å²) in [6, 6.07) is 10.6. The van der Waals surface area contributed by atoms with Crippen molar-refractivity contribution in [1.82, 2.24) is 9.78 Å². The molecule has 0 amide bonds. The fourth-order valence-electron chi connectivity index (χ4n) is 2.14. The van der Waals surface area contributed by atoms with E-state index in [-0.39, 0.29) is 6.04 Å². The van der Waals surface area contributed by atoms with E-state index in [9.17, 15) is 0 Å². The van der Waals surface area contributed by atoms with Gasteiger partial charge >= 0.3 is 0 Å². The van der Waals surface area contributed by atoms with Crippen molar-refractivity contribution in [3.63, 3.8) is 0 Å². The van der Waals surface area contributed by atoms with Gasteiger partial charge in [-0.25, -0.2) is 0 Å². The van der Waals surface area contributed by atoms with Crippen LogP contribution in [0, 0.1) is 6.92 Å². The maximum atomic E-state index is 6.28. The molecule has 1 aromatic carbocycles. The van der Waals surface area contributed by atoms with Gasteiger partial charge in [0.2, 0.25) is 0 Å². The molecular formula is C15H21N3. The lowest BCUT2D eigenvalue weighted by atomic mass is 10.0. The van der Waals surface area contributed by atoms with Gasteiger partial charge in [0, 0.05) is 12.7 Å². The summed E-state index contributed by atoms with van der Waals surface area (Å²) in [5, 5.41) is 4.32. The van der Waals surface area contributed by atoms with Crippen LogP contribution in [0.4, 0.5) is 0 Å². The Labute approximate surface area is 109 Å². The first kappa shape index (κ1) is 12.8. The maximum absolute atomic E-state index is 6.28. The molecule has 0 aliphatic heterocycles. The third kappa shape index (κ3) is 2.99. The molecule has 1 aromatic heterocycles. The molecule has 2 N–H and O–H groups in total. The zero-order valence-electron chi connectivity index (χ0n) is 11.1. The lowest BCUT2D eigenvalue weighted by Crippen LogP contribution is -2.18. The van der Waals surface area contributed by atoms with Gasteiger partial charge in [-0.15, -0.1) is 0 Å². The fourth-order valence-corrected chi connectivity index (χ4v) is 2.14. The fraction of sp³-hybridized carbons (Fsp3) is 0.400. The highest BCUT2D eigenvalue weighted by Gasteiger charge is 2.11. The van der Waals surface area contributed by atoms with Crippen molar-refractivity contribution in [2.75, 3.05) is 0 Å². The minimum absolute atomic E-state index is 0.0155. The van der Waals surface area contributed by atoms with Gasteiger partial charge in [0.1, 0.15) is 0 Å². The molecule has 0 fully saturated rings. The Morgan fingerprint density at radius 2 is 1.94 bits per heavy atom. The average molecular weight is 243 g/mol. The quantitative estimate of drug-likeness (QED) is 0.877.